The van der Waals surface area contributed by atoms with Crippen LogP contribution in [0.3, 0.4) is 0 Å². The molecule has 102 valence electrons. The number of carbonyl (C=O) groups is 2. The zero-order valence-corrected chi connectivity index (χ0v) is 10.5. The van der Waals surface area contributed by atoms with Gasteiger partial charge >= 0.3 is 12.0 Å². The summed E-state index contributed by atoms with van der Waals surface area (Å²) in [6.07, 6.45) is 5.77. The second-order valence-corrected chi connectivity index (χ2v) is 3.50. The molecule has 0 bridgehead atoms. The average molecular weight is 265 g/mol. The molecule has 0 aliphatic carbocycles. The molecule has 19 heavy (non-hydrogen) atoms. The quantitative estimate of drug-likeness (QED) is 0.695. The second kappa shape index (κ2) is 7.80. The van der Waals surface area contributed by atoms with Crippen LogP contribution in [0.2, 0.25) is 0 Å². The summed E-state index contributed by atoms with van der Waals surface area (Å²) in [5.41, 5.74) is 0.650. The molecule has 0 aliphatic rings. The van der Waals surface area contributed by atoms with E-state index in [-0.39, 0.29) is 24.9 Å². The summed E-state index contributed by atoms with van der Waals surface area (Å²) in [6, 6.07) is 0.283. The molecule has 0 atom stereocenters. The zero-order chi connectivity index (χ0) is 14.1. The lowest BCUT2D eigenvalue weighted by molar-refractivity contribution is -0.136. The summed E-state index contributed by atoms with van der Waals surface area (Å²) in [6.45, 7) is 2.41. The first kappa shape index (κ1) is 14.6. The molecule has 0 spiro atoms. The summed E-state index contributed by atoms with van der Waals surface area (Å²) in [5.74, 6) is -1.32. The van der Waals surface area contributed by atoms with Gasteiger partial charge in [-0.15, -0.1) is 0 Å². The molecular formula is C12H15N3O4. The van der Waals surface area contributed by atoms with E-state index >= 15 is 0 Å². The third-order valence-corrected chi connectivity index (χ3v) is 1.99. The van der Waals surface area contributed by atoms with Crippen LogP contribution in [-0.4, -0.2) is 40.1 Å². The van der Waals surface area contributed by atoms with Crippen molar-refractivity contribution in [3.8, 4) is 6.01 Å². The monoisotopic (exact) mass is 265 g/mol. The standard InChI is InChI=1S/C12H15N3O4/c1-2-19-12-14-7-9(8-15-12)3-4-10(16)13-6-5-11(17)18/h3-4,7-8H,2,5-6H2,1H3,(H,13,16)(H,17,18)/b4-3+. The van der Waals surface area contributed by atoms with E-state index in [9.17, 15) is 9.59 Å². The molecule has 2 N–H and O–H groups in total. The molecule has 7 nitrogen and oxygen atoms in total. The van der Waals surface area contributed by atoms with Crippen molar-refractivity contribution in [2.45, 2.75) is 13.3 Å². The van der Waals surface area contributed by atoms with Crippen LogP contribution in [0.25, 0.3) is 6.08 Å². The maximum absolute atomic E-state index is 11.3. The number of hydrogen-bond donors (Lipinski definition) is 2. The Labute approximate surface area is 110 Å². The van der Waals surface area contributed by atoms with Gasteiger partial charge in [0.2, 0.25) is 5.91 Å². The lowest BCUT2D eigenvalue weighted by atomic mass is 10.3. The summed E-state index contributed by atoms with van der Waals surface area (Å²) in [7, 11) is 0. The Balaban J connectivity index is 2.42. The number of amides is 1. The molecule has 0 aromatic carbocycles. The van der Waals surface area contributed by atoms with E-state index in [1.807, 2.05) is 6.92 Å². The molecule has 0 radical (unpaired) electrons. The number of nitrogens with zero attached hydrogens (tertiary/aromatic N) is 2. The molecule has 1 heterocycles. The summed E-state index contributed by atoms with van der Waals surface area (Å²) in [5, 5.41) is 10.9. The maximum Gasteiger partial charge on any atom is 0.316 e. The van der Waals surface area contributed by atoms with Crippen LogP contribution < -0.4 is 10.1 Å². The van der Waals surface area contributed by atoms with Crippen molar-refractivity contribution >= 4 is 18.0 Å². The third-order valence-electron chi connectivity index (χ3n) is 1.99. The predicted molar refractivity (Wildman–Crippen MR) is 67.5 cm³/mol. The number of carboxylic acids is 1. The number of aliphatic carboxylic acids is 1. The van der Waals surface area contributed by atoms with E-state index in [1.165, 1.54) is 24.5 Å². The van der Waals surface area contributed by atoms with E-state index in [1.54, 1.807) is 0 Å². The fourth-order valence-electron chi connectivity index (χ4n) is 1.14. The molecule has 0 fully saturated rings. The zero-order valence-electron chi connectivity index (χ0n) is 10.5. The summed E-state index contributed by atoms with van der Waals surface area (Å²) >= 11 is 0. The van der Waals surface area contributed by atoms with Crippen molar-refractivity contribution < 1.29 is 19.4 Å². The van der Waals surface area contributed by atoms with Crippen LogP contribution >= 0.6 is 0 Å². The Morgan fingerprint density at radius 3 is 2.68 bits per heavy atom. The first-order valence-corrected chi connectivity index (χ1v) is 5.74. The van der Waals surface area contributed by atoms with Gasteiger partial charge in [-0.05, 0) is 13.0 Å². The molecule has 0 aliphatic heterocycles. The Morgan fingerprint density at radius 2 is 2.11 bits per heavy atom. The lowest BCUT2D eigenvalue weighted by Crippen LogP contribution is -2.23. The summed E-state index contributed by atoms with van der Waals surface area (Å²) < 4.78 is 5.08. The van der Waals surface area contributed by atoms with Gasteiger partial charge in [-0.1, -0.05) is 0 Å². The van der Waals surface area contributed by atoms with Gasteiger partial charge in [0.1, 0.15) is 0 Å². The van der Waals surface area contributed by atoms with Gasteiger partial charge in [0.05, 0.1) is 13.0 Å². The molecule has 1 rings (SSSR count). The van der Waals surface area contributed by atoms with Gasteiger partial charge in [0.15, 0.2) is 0 Å². The first-order chi connectivity index (χ1) is 9.11. The number of rotatable bonds is 7. The van der Waals surface area contributed by atoms with Gasteiger partial charge in [-0.25, -0.2) is 9.97 Å². The Hall–Kier alpha value is -2.44. The van der Waals surface area contributed by atoms with E-state index in [4.69, 9.17) is 9.84 Å². The minimum Gasteiger partial charge on any atom is -0.481 e. The number of hydrogen-bond acceptors (Lipinski definition) is 5. The van der Waals surface area contributed by atoms with Crippen LogP contribution in [0.4, 0.5) is 0 Å². The molecule has 0 saturated carbocycles. The predicted octanol–water partition coefficient (Wildman–Crippen LogP) is 0.479. The lowest BCUT2D eigenvalue weighted by Gasteiger charge is -2.00. The SMILES string of the molecule is CCOc1ncc(/C=C/C(=O)NCCC(=O)O)cn1. The third kappa shape index (κ3) is 6.16. The molecule has 1 aromatic rings. The van der Waals surface area contributed by atoms with Crippen LogP contribution in [0.15, 0.2) is 18.5 Å². The molecule has 1 aromatic heterocycles. The molecule has 1 amide bonds. The minimum absolute atomic E-state index is 0.0955. The van der Waals surface area contributed by atoms with Crippen LogP contribution in [-0.2, 0) is 9.59 Å². The molecule has 0 unspecified atom stereocenters. The van der Waals surface area contributed by atoms with Crippen molar-refractivity contribution in [3.05, 3.63) is 24.0 Å². The van der Waals surface area contributed by atoms with Gasteiger partial charge in [-0.2, -0.15) is 0 Å². The number of ether oxygens (including phenoxy) is 1. The van der Waals surface area contributed by atoms with Gasteiger partial charge < -0.3 is 15.2 Å². The Morgan fingerprint density at radius 1 is 1.42 bits per heavy atom. The summed E-state index contributed by atoms with van der Waals surface area (Å²) in [4.78, 5) is 29.4. The fraction of sp³-hybridized carbons (Fsp3) is 0.333. The minimum atomic E-state index is -0.954. The van der Waals surface area contributed by atoms with Gasteiger partial charge in [0.25, 0.3) is 0 Å². The van der Waals surface area contributed by atoms with Crippen LogP contribution in [0.1, 0.15) is 18.9 Å². The normalized spacial score (nSPS) is 10.4. The van der Waals surface area contributed by atoms with Gasteiger partial charge in [-0.3, -0.25) is 9.59 Å². The van der Waals surface area contributed by atoms with Crippen molar-refractivity contribution in [2.24, 2.45) is 0 Å². The topological polar surface area (TPSA) is 101 Å². The highest BCUT2D eigenvalue weighted by molar-refractivity contribution is 5.91. The van der Waals surface area contributed by atoms with E-state index in [0.29, 0.717) is 12.2 Å². The maximum atomic E-state index is 11.3. The van der Waals surface area contributed by atoms with Crippen molar-refractivity contribution in [2.75, 3.05) is 13.2 Å². The van der Waals surface area contributed by atoms with E-state index in [2.05, 4.69) is 15.3 Å². The Bertz CT molecular complexity index is 457. The fourth-order valence-corrected chi connectivity index (χ4v) is 1.14. The van der Waals surface area contributed by atoms with Gasteiger partial charge in [0, 0.05) is 30.6 Å². The average Bonchev–Trinajstić information content (AvgIpc) is 2.38. The van der Waals surface area contributed by atoms with Crippen LogP contribution in [0.5, 0.6) is 6.01 Å². The van der Waals surface area contributed by atoms with Crippen molar-refractivity contribution in [1.29, 1.82) is 0 Å². The van der Waals surface area contributed by atoms with Crippen LogP contribution in [0, 0.1) is 0 Å². The smallest absolute Gasteiger partial charge is 0.316 e. The van der Waals surface area contributed by atoms with Crippen molar-refractivity contribution in [1.82, 2.24) is 15.3 Å². The largest absolute Gasteiger partial charge is 0.481 e. The number of carboxylic acid groups (broad SMARTS) is 1. The highest BCUT2D eigenvalue weighted by atomic mass is 16.5. The highest BCUT2D eigenvalue weighted by Crippen LogP contribution is 2.03. The van der Waals surface area contributed by atoms with E-state index in [0.717, 1.165) is 0 Å². The molecule has 7 heteroatoms. The van der Waals surface area contributed by atoms with E-state index < -0.39 is 5.97 Å². The number of nitrogens with one attached hydrogen (secondary N) is 1. The van der Waals surface area contributed by atoms with Crippen molar-refractivity contribution in [3.63, 3.8) is 0 Å². The number of aromatic nitrogens is 2. The first-order valence-electron chi connectivity index (χ1n) is 5.74. The Kier molecular flexibility index (Phi) is 6.00. The number of carbonyl (C=O) groups excluding carboxylic acids is 1. The molecular weight excluding hydrogens is 250 g/mol. The second-order valence-electron chi connectivity index (χ2n) is 3.50. The molecule has 0 saturated heterocycles. The highest BCUT2D eigenvalue weighted by Gasteiger charge is 1.99.